The fourth-order valence-electron chi connectivity index (χ4n) is 3.11. The number of benzene rings is 1. The number of phenols is 1. The lowest BCUT2D eigenvalue weighted by molar-refractivity contribution is 0.390. The van der Waals surface area contributed by atoms with E-state index in [1.54, 1.807) is 12.1 Å². The second-order valence-corrected chi connectivity index (χ2v) is 6.51. The van der Waals surface area contributed by atoms with Crippen LogP contribution in [0.4, 0.5) is 5.82 Å². The van der Waals surface area contributed by atoms with Gasteiger partial charge in [-0.25, -0.2) is 9.97 Å². The molecule has 1 heterocycles. The third-order valence-corrected chi connectivity index (χ3v) is 4.67. The molecular weight excluding hydrogens is 326 g/mol. The van der Waals surface area contributed by atoms with Gasteiger partial charge in [-0.15, -0.1) is 0 Å². The number of nitriles is 1. The van der Waals surface area contributed by atoms with Crippen molar-refractivity contribution in [3.05, 3.63) is 34.5 Å². The molecule has 1 aliphatic rings. The van der Waals surface area contributed by atoms with E-state index in [1.165, 1.54) is 6.07 Å². The minimum atomic E-state index is 0.0140. The lowest BCUT2D eigenvalue weighted by atomic mass is 9.83. The van der Waals surface area contributed by atoms with E-state index in [0.29, 0.717) is 21.8 Å². The van der Waals surface area contributed by atoms with E-state index in [1.807, 2.05) is 0 Å². The molecule has 24 heavy (non-hydrogen) atoms. The molecule has 1 aromatic heterocycles. The van der Waals surface area contributed by atoms with Crippen molar-refractivity contribution < 1.29 is 5.11 Å². The molecule has 5 N–H and O–H groups in total. The van der Waals surface area contributed by atoms with Gasteiger partial charge < -0.3 is 16.6 Å². The number of aromatic hydroxyl groups is 1. The van der Waals surface area contributed by atoms with E-state index in [2.05, 4.69) is 16.0 Å². The van der Waals surface area contributed by atoms with Crippen molar-refractivity contribution in [3.63, 3.8) is 0 Å². The minimum Gasteiger partial charge on any atom is -0.507 e. The molecule has 0 atom stereocenters. The Hall–Kier alpha value is -2.36. The molecule has 6 nitrogen and oxygen atoms in total. The van der Waals surface area contributed by atoms with Crippen molar-refractivity contribution in [2.75, 3.05) is 5.73 Å². The highest BCUT2D eigenvalue weighted by atomic mass is 35.5. The predicted octanol–water partition coefficient (Wildman–Crippen LogP) is 2.94. The Morgan fingerprint density at radius 1 is 1.21 bits per heavy atom. The molecule has 124 valence electrons. The summed E-state index contributed by atoms with van der Waals surface area (Å²) in [5.41, 5.74) is 13.3. The predicted molar refractivity (Wildman–Crippen MR) is 92.5 cm³/mol. The third kappa shape index (κ3) is 3.14. The molecule has 1 aromatic carbocycles. The Kier molecular flexibility index (Phi) is 4.56. The van der Waals surface area contributed by atoms with Crippen LogP contribution in [0, 0.1) is 11.3 Å². The molecule has 1 fully saturated rings. The van der Waals surface area contributed by atoms with Crippen molar-refractivity contribution in [2.45, 2.75) is 37.6 Å². The Morgan fingerprint density at radius 3 is 2.58 bits per heavy atom. The van der Waals surface area contributed by atoms with Crippen LogP contribution in [0.2, 0.25) is 5.02 Å². The summed E-state index contributed by atoms with van der Waals surface area (Å²) in [7, 11) is 0. The maximum Gasteiger partial charge on any atom is 0.165 e. The van der Waals surface area contributed by atoms with E-state index in [-0.39, 0.29) is 29.4 Å². The standard InChI is InChI=1S/C17H18ClN5O/c18-10-3-6-14(24)12(7-10)17-22-15(13(8-19)16(21)23-17)9-1-4-11(20)5-2-9/h3,6-7,9,11,24H,1-2,4-5,20H2,(H2,21,22,23). The molecule has 7 heteroatoms. The lowest BCUT2D eigenvalue weighted by Crippen LogP contribution is -2.26. The van der Waals surface area contributed by atoms with Gasteiger partial charge in [-0.05, 0) is 43.9 Å². The Balaban J connectivity index is 2.10. The highest BCUT2D eigenvalue weighted by molar-refractivity contribution is 6.30. The fraction of sp³-hybridized carbons (Fsp3) is 0.353. The number of rotatable bonds is 2. The van der Waals surface area contributed by atoms with Crippen LogP contribution in [0.1, 0.15) is 42.9 Å². The molecule has 0 unspecified atom stereocenters. The number of hydrogen-bond donors (Lipinski definition) is 3. The van der Waals surface area contributed by atoms with E-state index >= 15 is 0 Å². The van der Waals surface area contributed by atoms with E-state index in [0.717, 1.165) is 25.7 Å². The summed E-state index contributed by atoms with van der Waals surface area (Å²) in [6.45, 7) is 0. The van der Waals surface area contributed by atoms with Crippen molar-refractivity contribution >= 4 is 17.4 Å². The Labute approximate surface area is 145 Å². The van der Waals surface area contributed by atoms with E-state index in [9.17, 15) is 10.4 Å². The summed E-state index contributed by atoms with van der Waals surface area (Å²) >= 11 is 6.01. The number of nitrogen functional groups attached to an aromatic ring is 1. The van der Waals surface area contributed by atoms with Crippen LogP contribution in [0.3, 0.4) is 0 Å². The molecule has 2 aromatic rings. The van der Waals surface area contributed by atoms with Crippen molar-refractivity contribution in [1.82, 2.24) is 9.97 Å². The van der Waals surface area contributed by atoms with Crippen LogP contribution in [0.15, 0.2) is 18.2 Å². The topological polar surface area (TPSA) is 122 Å². The first kappa shape index (κ1) is 16.5. The Bertz CT molecular complexity index is 809. The summed E-state index contributed by atoms with van der Waals surface area (Å²) in [4.78, 5) is 8.74. The fourth-order valence-corrected chi connectivity index (χ4v) is 3.28. The first-order valence-corrected chi connectivity index (χ1v) is 8.19. The van der Waals surface area contributed by atoms with Crippen molar-refractivity contribution in [1.29, 1.82) is 5.26 Å². The van der Waals surface area contributed by atoms with Gasteiger partial charge in [-0.2, -0.15) is 5.26 Å². The molecule has 3 rings (SSSR count). The highest BCUT2D eigenvalue weighted by Crippen LogP contribution is 2.37. The van der Waals surface area contributed by atoms with E-state index < -0.39 is 0 Å². The summed E-state index contributed by atoms with van der Waals surface area (Å²) in [6.07, 6.45) is 3.48. The van der Waals surface area contributed by atoms with E-state index in [4.69, 9.17) is 23.1 Å². The second kappa shape index (κ2) is 6.63. The average Bonchev–Trinajstić information content (AvgIpc) is 2.57. The van der Waals surface area contributed by atoms with Gasteiger partial charge in [0.25, 0.3) is 0 Å². The van der Waals surface area contributed by atoms with Crippen LogP contribution in [0.5, 0.6) is 5.75 Å². The number of hydrogen-bond acceptors (Lipinski definition) is 6. The summed E-state index contributed by atoms with van der Waals surface area (Å²) in [5, 5.41) is 20.0. The quantitative estimate of drug-likeness (QED) is 0.770. The molecule has 0 amide bonds. The molecule has 0 bridgehead atoms. The summed E-state index contributed by atoms with van der Waals surface area (Å²) in [6, 6.07) is 6.95. The van der Waals surface area contributed by atoms with Gasteiger partial charge in [0.1, 0.15) is 23.2 Å². The Morgan fingerprint density at radius 2 is 1.92 bits per heavy atom. The molecular formula is C17H18ClN5O. The largest absolute Gasteiger partial charge is 0.507 e. The number of nitrogens with zero attached hydrogens (tertiary/aromatic N) is 3. The van der Waals surface area contributed by atoms with Crippen LogP contribution in [-0.4, -0.2) is 21.1 Å². The maximum atomic E-state index is 10.1. The molecule has 0 aliphatic heterocycles. The zero-order valence-corrected chi connectivity index (χ0v) is 13.8. The summed E-state index contributed by atoms with van der Waals surface area (Å²) in [5.74, 6) is 0.521. The first-order valence-electron chi connectivity index (χ1n) is 7.81. The average molecular weight is 344 g/mol. The number of aromatic nitrogens is 2. The van der Waals surface area contributed by atoms with Gasteiger partial charge in [0.15, 0.2) is 5.82 Å². The number of anilines is 1. The van der Waals surface area contributed by atoms with Gasteiger partial charge in [0.2, 0.25) is 0 Å². The van der Waals surface area contributed by atoms with Gasteiger partial charge in [-0.3, -0.25) is 0 Å². The van der Waals surface area contributed by atoms with Gasteiger partial charge in [-0.1, -0.05) is 11.6 Å². The zero-order valence-electron chi connectivity index (χ0n) is 13.0. The van der Waals surface area contributed by atoms with Crippen molar-refractivity contribution in [3.8, 4) is 23.2 Å². The number of nitrogens with two attached hydrogens (primary N) is 2. The zero-order chi connectivity index (χ0) is 17.3. The monoisotopic (exact) mass is 343 g/mol. The third-order valence-electron chi connectivity index (χ3n) is 4.43. The van der Waals surface area contributed by atoms with Crippen LogP contribution in [0.25, 0.3) is 11.4 Å². The minimum absolute atomic E-state index is 0.0140. The second-order valence-electron chi connectivity index (χ2n) is 6.08. The molecule has 1 aliphatic carbocycles. The molecule has 0 saturated heterocycles. The first-order chi connectivity index (χ1) is 11.5. The van der Waals surface area contributed by atoms with Crippen LogP contribution >= 0.6 is 11.6 Å². The molecule has 0 radical (unpaired) electrons. The normalized spacial score (nSPS) is 20.5. The van der Waals surface area contributed by atoms with Gasteiger partial charge in [0.05, 0.1) is 11.3 Å². The smallest absolute Gasteiger partial charge is 0.165 e. The highest BCUT2D eigenvalue weighted by Gasteiger charge is 2.26. The summed E-state index contributed by atoms with van der Waals surface area (Å²) < 4.78 is 0. The lowest BCUT2D eigenvalue weighted by Gasteiger charge is -2.26. The molecule has 0 spiro atoms. The van der Waals surface area contributed by atoms with Crippen LogP contribution in [-0.2, 0) is 0 Å². The number of halogens is 1. The van der Waals surface area contributed by atoms with Gasteiger partial charge in [0, 0.05) is 17.0 Å². The van der Waals surface area contributed by atoms with Crippen LogP contribution < -0.4 is 11.5 Å². The SMILES string of the molecule is N#Cc1c(N)nc(-c2cc(Cl)ccc2O)nc1C1CCC(N)CC1. The van der Waals surface area contributed by atoms with Gasteiger partial charge >= 0.3 is 0 Å². The molecule has 1 saturated carbocycles. The van der Waals surface area contributed by atoms with Crippen molar-refractivity contribution in [2.24, 2.45) is 5.73 Å². The number of phenolic OH excluding ortho intramolecular Hbond substituents is 1. The maximum absolute atomic E-state index is 10.1.